The third kappa shape index (κ3) is 1.99. The first-order valence-corrected chi connectivity index (χ1v) is 5.84. The standard InChI is InChI=1S/C13H19NO2/c1-13(2,3)12(15)14-8-4-6-10(14)11-7-5-9-16-11/h5,7,9-10H,4,6,8H2,1-3H3/t10-/m1/s1. The number of rotatable bonds is 1. The Morgan fingerprint density at radius 1 is 1.50 bits per heavy atom. The lowest BCUT2D eigenvalue weighted by atomic mass is 9.94. The van der Waals surface area contributed by atoms with Crippen LogP contribution in [0.15, 0.2) is 22.8 Å². The van der Waals surface area contributed by atoms with Gasteiger partial charge in [0.15, 0.2) is 0 Å². The molecule has 0 aromatic carbocycles. The van der Waals surface area contributed by atoms with E-state index >= 15 is 0 Å². The van der Waals surface area contributed by atoms with Gasteiger partial charge in [-0.3, -0.25) is 4.79 Å². The van der Waals surface area contributed by atoms with Crippen molar-refractivity contribution in [2.75, 3.05) is 6.54 Å². The van der Waals surface area contributed by atoms with Gasteiger partial charge >= 0.3 is 0 Å². The van der Waals surface area contributed by atoms with E-state index in [1.54, 1.807) is 6.26 Å². The second-order valence-corrected chi connectivity index (χ2v) is 5.42. The maximum absolute atomic E-state index is 12.3. The average Bonchev–Trinajstić information content (AvgIpc) is 2.85. The number of hydrogen-bond acceptors (Lipinski definition) is 2. The van der Waals surface area contributed by atoms with E-state index in [9.17, 15) is 4.79 Å². The Morgan fingerprint density at radius 3 is 2.81 bits per heavy atom. The topological polar surface area (TPSA) is 33.5 Å². The van der Waals surface area contributed by atoms with Crippen LogP contribution < -0.4 is 0 Å². The summed E-state index contributed by atoms with van der Waals surface area (Å²) in [7, 11) is 0. The molecule has 1 amide bonds. The van der Waals surface area contributed by atoms with E-state index in [0.29, 0.717) is 0 Å². The second-order valence-electron chi connectivity index (χ2n) is 5.42. The van der Waals surface area contributed by atoms with Crippen molar-refractivity contribution in [2.45, 2.75) is 39.7 Å². The van der Waals surface area contributed by atoms with E-state index in [1.165, 1.54) is 0 Å². The van der Waals surface area contributed by atoms with Crippen molar-refractivity contribution in [3.05, 3.63) is 24.2 Å². The van der Waals surface area contributed by atoms with Crippen molar-refractivity contribution in [1.82, 2.24) is 4.90 Å². The molecule has 0 N–H and O–H groups in total. The lowest BCUT2D eigenvalue weighted by Gasteiger charge is -2.29. The van der Waals surface area contributed by atoms with Crippen molar-refractivity contribution in [2.24, 2.45) is 5.41 Å². The van der Waals surface area contributed by atoms with Crippen LogP contribution in [-0.2, 0) is 4.79 Å². The van der Waals surface area contributed by atoms with Gasteiger partial charge in [-0.05, 0) is 25.0 Å². The van der Waals surface area contributed by atoms with Gasteiger partial charge in [-0.25, -0.2) is 0 Å². The van der Waals surface area contributed by atoms with Crippen LogP contribution in [0.1, 0.15) is 45.4 Å². The molecule has 2 heterocycles. The minimum atomic E-state index is -0.310. The van der Waals surface area contributed by atoms with Crippen molar-refractivity contribution < 1.29 is 9.21 Å². The SMILES string of the molecule is CC(C)(C)C(=O)N1CCC[C@@H]1c1ccco1. The third-order valence-electron chi connectivity index (χ3n) is 3.03. The van der Waals surface area contributed by atoms with E-state index in [2.05, 4.69) is 0 Å². The number of hydrogen-bond donors (Lipinski definition) is 0. The summed E-state index contributed by atoms with van der Waals surface area (Å²) in [4.78, 5) is 14.2. The highest BCUT2D eigenvalue weighted by Crippen LogP contribution is 2.35. The smallest absolute Gasteiger partial charge is 0.228 e. The zero-order valence-corrected chi connectivity index (χ0v) is 10.2. The van der Waals surface area contributed by atoms with Gasteiger partial charge in [-0.2, -0.15) is 0 Å². The summed E-state index contributed by atoms with van der Waals surface area (Å²) in [5.41, 5.74) is -0.310. The van der Waals surface area contributed by atoms with E-state index in [4.69, 9.17) is 4.42 Å². The first-order valence-electron chi connectivity index (χ1n) is 5.84. The predicted molar refractivity (Wildman–Crippen MR) is 61.9 cm³/mol. The van der Waals surface area contributed by atoms with Gasteiger partial charge in [0.05, 0.1) is 12.3 Å². The molecule has 16 heavy (non-hydrogen) atoms. The molecule has 3 nitrogen and oxygen atoms in total. The van der Waals surface area contributed by atoms with Crippen LogP contribution in [0.25, 0.3) is 0 Å². The molecule has 1 saturated heterocycles. The molecule has 0 saturated carbocycles. The lowest BCUT2D eigenvalue weighted by Crippen LogP contribution is -2.38. The van der Waals surface area contributed by atoms with Crippen LogP contribution in [0.5, 0.6) is 0 Å². The maximum atomic E-state index is 12.3. The van der Waals surface area contributed by atoms with Crippen LogP contribution in [0, 0.1) is 5.41 Å². The van der Waals surface area contributed by atoms with Crippen molar-refractivity contribution in [3.63, 3.8) is 0 Å². The monoisotopic (exact) mass is 221 g/mol. The molecule has 88 valence electrons. The molecular weight excluding hydrogens is 202 g/mol. The molecule has 1 aliphatic heterocycles. The number of carbonyl (C=O) groups excluding carboxylic acids is 1. The largest absolute Gasteiger partial charge is 0.467 e. The van der Waals surface area contributed by atoms with Crippen molar-refractivity contribution in [1.29, 1.82) is 0 Å². The van der Waals surface area contributed by atoms with Gasteiger partial charge in [-0.15, -0.1) is 0 Å². The van der Waals surface area contributed by atoms with E-state index in [1.807, 2.05) is 37.8 Å². The number of nitrogens with zero attached hydrogens (tertiary/aromatic N) is 1. The molecule has 3 heteroatoms. The Bertz CT molecular complexity index is 362. The van der Waals surface area contributed by atoms with E-state index in [-0.39, 0.29) is 17.4 Å². The van der Waals surface area contributed by atoms with Gasteiger partial charge in [0.1, 0.15) is 5.76 Å². The summed E-state index contributed by atoms with van der Waals surface area (Å²) in [6.07, 6.45) is 3.75. The molecule has 1 aromatic rings. The van der Waals surface area contributed by atoms with Gasteiger partial charge in [0.25, 0.3) is 0 Å². The highest BCUT2D eigenvalue weighted by molar-refractivity contribution is 5.82. The number of amides is 1. The molecular formula is C13H19NO2. The minimum Gasteiger partial charge on any atom is -0.467 e. The fraction of sp³-hybridized carbons (Fsp3) is 0.615. The molecule has 0 unspecified atom stereocenters. The number of likely N-dealkylation sites (tertiary alicyclic amines) is 1. The first-order chi connectivity index (χ1) is 7.50. The molecule has 0 spiro atoms. The number of carbonyl (C=O) groups is 1. The van der Waals surface area contributed by atoms with Crippen LogP contribution in [0.4, 0.5) is 0 Å². The molecule has 1 atom stereocenters. The second kappa shape index (κ2) is 3.96. The molecule has 1 aromatic heterocycles. The molecule has 1 aliphatic rings. The molecule has 2 rings (SSSR count). The predicted octanol–water partition coefficient (Wildman–Crippen LogP) is 2.99. The van der Waals surface area contributed by atoms with Crippen molar-refractivity contribution >= 4 is 5.91 Å². The Labute approximate surface area is 96.4 Å². The summed E-state index contributed by atoms with van der Waals surface area (Å²) in [5.74, 6) is 1.13. The van der Waals surface area contributed by atoms with Crippen LogP contribution in [-0.4, -0.2) is 17.4 Å². The fourth-order valence-electron chi connectivity index (χ4n) is 2.22. The number of furan rings is 1. The van der Waals surface area contributed by atoms with Gasteiger partial charge in [-0.1, -0.05) is 20.8 Å². The maximum Gasteiger partial charge on any atom is 0.228 e. The Morgan fingerprint density at radius 2 is 2.25 bits per heavy atom. The first kappa shape index (κ1) is 11.2. The van der Waals surface area contributed by atoms with Crippen LogP contribution in [0.3, 0.4) is 0 Å². The zero-order chi connectivity index (χ0) is 11.8. The fourth-order valence-corrected chi connectivity index (χ4v) is 2.22. The minimum absolute atomic E-state index is 0.140. The van der Waals surface area contributed by atoms with Gasteiger partial charge in [0, 0.05) is 12.0 Å². The van der Waals surface area contributed by atoms with Gasteiger partial charge in [0.2, 0.25) is 5.91 Å². The summed E-state index contributed by atoms with van der Waals surface area (Å²) >= 11 is 0. The third-order valence-corrected chi connectivity index (χ3v) is 3.03. The highest BCUT2D eigenvalue weighted by Gasteiger charge is 2.36. The summed E-state index contributed by atoms with van der Waals surface area (Å²) < 4.78 is 5.42. The highest BCUT2D eigenvalue weighted by atomic mass is 16.3. The Balaban J connectivity index is 2.19. The molecule has 0 bridgehead atoms. The lowest BCUT2D eigenvalue weighted by molar-refractivity contribution is -0.140. The average molecular weight is 221 g/mol. The summed E-state index contributed by atoms with van der Waals surface area (Å²) in [6, 6.07) is 3.98. The van der Waals surface area contributed by atoms with E-state index in [0.717, 1.165) is 25.1 Å². The normalized spacial score (nSPS) is 21.4. The summed E-state index contributed by atoms with van der Waals surface area (Å²) in [5, 5.41) is 0. The summed E-state index contributed by atoms with van der Waals surface area (Å²) in [6.45, 7) is 6.74. The van der Waals surface area contributed by atoms with Crippen LogP contribution >= 0.6 is 0 Å². The van der Waals surface area contributed by atoms with Gasteiger partial charge < -0.3 is 9.32 Å². The Kier molecular flexibility index (Phi) is 2.78. The molecule has 0 aliphatic carbocycles. The molecule has 0 radical (unpaired) electrons. The molecule has 1 fully saturated rings. The Hall–Kier alpha value is -1.25. The van der Waals surface area contributed by atoms with Crippen molar-refractivity contribution in [3.8, 4) is 0 Å². The van der Waals surface area contributed by atoms with Crippen LogP contribution in [0.2, 0.25) is 0 Å². The quantitative estimate of drug-likeness (QED) is 0.730. The zero-order valence-electron chi connectivity index (χ0n) is 10.2. The van der Waals surface area contributed by atoms with E-state index < -0.39 is 0 Å².